The zero-order chi connectivity index (χ0) is 14.5. The molecule has 1 heterocycles. The third kappa shape index (κ3) is 3.15. The molecule has 7 heteroatoms. The second-order valence-corrected chi connectivity index (χ2v) is 4.67. The molecule has 0 saturated carbocycles. The number of rotatable bonds is 6. The quantitative estimate of drug-likeness (QED) is 0.845. The normalized spacial score (nSPS) is 10.7. The fraction of sp³-hybridized carbons (Fsp3) is 0.308. The van der Waals surface area contributed by atoms with Crippen LogP contribution in [0.3, 0.4) is 0 Å². The van der Waals surface area contributed by atoms with Crippen LogP contribution >= 0.6 is 11.6 Å². The maximum absolute atomic E-state index is 11.2. The monoisotopic (exact) mass is 295 g/mol. The van der Waals surface area contributed by atoms with Gasteiger partial charge in [0.1, 0.15) is 0 Å². The number of aromatic nitrogens is 3. The van der Waals surface area contributed by atoms with Crippen LogP contribution in [0, 0.1) is 0 Å². The van der Waals surface area contributed by atoms with Gasteiger partial charge in [-0.15, -0.1) is 5.10 Å². The third-order valence-electron chi connectivity index (χ3n) is 2.88. The van der Waals surface area contributed by atoms with Crippen LogP contribution in [-0.4, -0.2) is 37.8 Å². The molecule has 2 rings (SSSR count). The average molecular weight is 296 g/mol. The zero-order valence-corrected chi connectivity index (χ0v) is 11.4. The lowest BCUT2D eigenvalue weighted by Gasteiger charge is -2.07. The minimum absolute atomic E-state index is 0.00774. The van der Waals surface area contributed by atoms with Crippen molar-refractivity contribution in [2.45, 2.75) is 19.4 Å². The van der Waals surface area contributed by atoms with E-state index in [1.54, 1.807) is 6.07 Å². The number of aliphatic hydroxyl groups excluding tert-OH is 1. The Morgan fingerprint density at radius 3 is 2.75 bits per heavy atom. The number of carbonyl (C=O) groups is 1. The van der Waals surface area contributed by atoms with Gasteiger partial charge >= 0.3 is 5.97 Å². The molecule has 1 aromatic carbocycles. The number of aliphatic hydroxyl groups is 1. The summed E-state index contributed by atoms with van der Waals surface area (Å²) in [5.74, 6) is -1.12. The number of aryl methyl sites for hydroxylation is 1. The molecule has 0 radical (unpaired) electrons. The van der Waals surface area contributed by atoms with E-state index in [1.165, 1.54) is 4.68 Å². The molecule has 0 aliphatic heterocycles. The molecule has 0 fully saturated rings. The zero-order valence-electron chi connectivity index (χ0n) is 10.7. The molecular weight excluding hydrogens is 282 g/mol. The van der Waals surface area contributed by atoms with E-state index in [9.17, 15) is 4.79 Å². The molecule has 2 N–H and O–H groups in total. The Kier molecular flexibility index (Phi) is 4.70. The largest absolute Gasteiger partial charge is 0.476 e. The minimum Gasteiger partial charge on any atom is -0.476 e. The molecule has 1 aromatic heterocycles. The first kappa shape index (κ1) is 14.5. The van der Waals surface area contributed by atoms with Crippen molar-refractivity contribution < 1.29 is 15.0 Å². The Hall–Kier alpha value is -1.92. The number of carboxylic acid groups (broad SMARTS) is 1. The predicted octanol–water partition coefficient (Wildman–Crippen LogP) is 1.60. The summed E-state index contributed by atoms with van der Waals surface area (Å²) in [6.45, 7) is 0.421. The number of nitrogens with zero attached hydrogens (tertiary/aromatic N) is 3. The first-order chi connectivity index (χ1) is 9.63. The number of hydrogen-bond donors (Lipinski definition) is 2. The lowest BCUT2D eigenvalue weighted by molar-refractivity contribution is 0.0689. The van der Waals surface area contributed by atoms with Gasteiger partial charge in [-0.2, -0.15) is 0 Å². The summed E-state index contributed by atoms with van der Waals surface area (Å²) in [7, 11) is 0. The van der Waals surface area contributed by atoms with Crippen molar-refractivity contribution in [3.8, 4) is 0 Å². The van der Waals surface area contributed by atoms with Crippen molar-refractivity contribution in [3.63, 3.8) is 0 Å². The molecule has 0 aliphatic rings. The van der Waals surface area contributed by atoms with Crippen LogP contribution < -0.4 is 0 Å². The summed E-state index contributed by atoms with van der Waals surface area (Å²) in [6.07, 6.45) is 0.817. The number of aromatic carboxylic acids is 1. The van der Waals surface area contributed by atoms with Gasteiger partial charge in [0.15, 0.2) is 5.69 Å². The van der Waals surface area contributed by atoms with Crippen molar-refractivity contribution in [1.82, 2.24) is 15.0 Å². The Labute approximate surface area is 120 Å². The van der Waals surface area contributed by atoms with E-state index in [-0.39, 0.29) is 12.3 Å². The van der Waals surface area contributed by atoms with E-state index in [4.69, 9.17) is 21.8 Å². The first-order valence-corrected chi connectivity index (χ1v) is 6.51. The number of benzene rings is 1. The Bertz CT molecular complexity index is 613. The molecule has 2 aromatic rings. The van der Waals surface area contributed by atoms with E-state index in [1.807, 2.05) is 18.2 Å². The number of hydrogen-bond acceptors (Lipinski definition) is 4. The molecular formula is C13H14ClN3O3. The van der Waals surface area contributed by atoms with Crippen LogP contribution in [-0.2, 0) is 13.0 Å². The van der Waals surface area contributed by atoms with Crippen molar-refractivity contribution >= 4 is 17.6 Å². The highest BCUT2D eigenvalue weighted by molar-refractivity contribution is 6.31. The third-order valence-corrected chi connectivity index (χ3v) is 3.25. The van der Waals surface area contributed by atoms with Gasteiger partial charge < -0.3 is 10.2 Å². The summed E-state index contributed by atoms with van der Waals surface area (Å²) in [5, 5.41) is 26.1. The molecule has 20 heavy (non-hydrogen) atoms. The van der Waals surface area contributed by atoms with Crippen LogP contribution in [0.1, 0.15) is 28.2 Å². The van der Waals surface area contributed by atoms with Crippen molar-refractivity contribution in [2.75, 3.05) is 6.61 Å². The molecule has 6 nitrogen and oxygen atoms in total. The van der Waals surface area contributed by atoms with Gasteiger partial charge in [-0.1, -0.05) is 35.0 Å². The van der Waals surface area contributed by atoms with E-state index in [2.05, 4.69) is 10.3 Å². The van der Waals surface area contributed by atoms with E-state index < -0.39 is 5.97 Å². The van der Waals surface area contributed by atoms with Crippen LogP contribution in [0.5, 0.6) is 0 Å². The maximum atomic E-state index is 11.2. The van der Waals surface area contributed by atoms with E-state index in [0.29, 0.717) is 30.1 Å². The Morgan fingerprint density at radius 2 is 2.10 bits per heavy atom. The van der Waals surface area contributed by atoms with E-state index in [0.717, 1.165) is 5.56 Å². The molecule has 0 saturated heterocycles. The molecule has 0 amide bonds. The second kappa shape index (κ2) is 6.49. The summed E-state index contributed by atoms with van der Waals surface area (Å²) in [6, 6.07) is 7.23. The fourth-order valence-corrected chi connectivity index (χ4v) is 2.10. The highest BCUT2D eigenvalue weighted by atomic mass is 35.5. The average Bonchev–Trinajstić information content (AvgIpc) is 2.82. The topological polar surface area (TPSA) is 88.2 Å². The molecule has 0 spiro atoms. The van der Waals surface area contributed by atoms with Gasteiger partial charge in [0.2, 0.25) is 0 Å². The van der Waals surface area contributed by atoms with Crippen LogP contribution in [0.4, 0.5) is 0 Å². The second-order valence-electron chi connectivity index (χ2n) is 4.26. The Morgan fingerprint density at radius 1 is 1.35 bits per heavy atom. The minimum atomic E-state index is -1.12. The van der Waals surface area contributed by atoms with Gasteiger partial charge in [0.05, 0.1) is 5.69 Å². The molecule has 0 bridgehead atoms. The Balaban J connectivity index is 2.35. The number of carboxylic acids is 1. The summed E-state index contributed by atoms with van der Waals surface area (Å²) in [4.78, 5) is 11.2. The summed E-state index contributed by atoms with van der Waals surface area (Å²) in [5.41, 5.74) is 1.21. The highest BCUT2D eigenvalue weighted by Gasteiger charge is 2.19. The summed E-state index contributed by atoms with van der Waals surface area (Å²) < 4.78 is 1.50. The van der Waals surface area contributed by atoms with Crippen LogP contribution in [0.2, 0.25) is 5.02 Å². The van der Waals surface area contributed by atoms with Gasteiger partial charge in [0, 0.05) is 24.6 Å². The van der Waals surface area contributed by atoms with Crippen molar-refractivity contribution in [2.24, 2.45) is 0 Å². The maximum Gasteiger partial charge on any atom is 0.358 e. The van der Waals surface area contributed by atoms with Crippen molar-refractivity contribution in [3.05, 3.63) is 46.2 Å². The summed E-state index contributed by atoms with van der Waals surface area (Å²) >= 11 is 6.09. The van der Waals surface area contributed by atoms with Gasteiger partial charge in [0.25, 0.3) is 0 Å². The molecule has 0 aliphatic carbocycles. The fourth-order valence-electron chi connectivity index (χ4n) is 1.90. The number of halogens is 1. The molecule has 0 atom stereocenters. The standard InChI is InChI=1S/C13H14ClN3O3/c14-10-5-2-1-4-9(10)8-11-12(13(19)20)15-16-17(11)6-3-7-18/h1-2,4-5,18H,3,6-8H2,(H,19,20). The smallest absolute Gasteiger partial charge is 0.358 e. The highest BCUT2D eigenvalue weighted by Crippen LogP contribution is 2.20. The lowest BCUT2D eigenvalue weighted by atomic mass is 10.1. The SMILES string of the molecule is O=C(O)c1nnn(CCCO)c1Cc1ccccc1Cl. The predicted molar refractivity (Wildman–Crippen MR) is 72.9 cm³/mol. The van der Waals surface area contributed by atoms with Gasteiger partial charge in [-0.3, -0.25) is 0 Å². The van der Waals surface area contributed by atoms with Gasteiger partial charge in [-0.25, -0.2) is 9.48 Å². The first-order valence-electron chi connectivity index (χ1n) is 6.13. The van der Waals surface area contributed by atoms with Crippen molar-refractivity contribution in [1.29, 1.82) is 0 Å². The van der Waals surface area contributed by atoms with Crippen LogP contribution in [0.15, 0.2) is 24.3 Å². The van der Waals surface area contributed by atoms with Gasteiger partial charge in [-0.05, 0) is 18.1 Å². The molecule has 0 unspecified atom stereocenters. The lowest BCUT2D eigenvalue weighted by Crippen LogP contribution is -2.10. The molecule has 106 valence electrons. The van der Waals surface area contributed by atoms with Crippen LogP contribution in [0.25, 0.3) is 0 Å². The van der Waals surface area contributed by atoms with E-state index >= 15 is 0 Å².